The van der Waals surface area contributed by atoms with Crippen LogP contribution in [0, 0.1) is 17.5 Å². The fourth-order valence-electron chi connectivity index (χ4n) is 1.39. The van der Waals surface area contributed by atoms with Crippen molar-refractivity contribution in [2.24, 2.45) is 0 Å². The van der Waals surface area contributed by atoms with Crippen molar-refractivity contribution in [3.63, 3.8) is 0 Å². The zero-order valence-corrected chi connectivity index (χ0v) is 9.45. The largest absolute Gasteiger partial charge is 0.394 e. The molecule has 4 nitrogen and oxygen atoms in total. The van der Waals surface area contributed by atoms with Crippen LogP contribution in [0.4, 0.5) is 24.5 Å². The summed E-state index contributed by atoms with van der Waals surface area (Å²) >= 11 is 0. The number of halogens is 3. The van der Waals surface area contributed by atoms with Gasteiger partial charge in [-0.25, -0.2) is 13.2 Å². The molecule has 0 saturated heterocycles. The van der Waals surface area contributed by atoms with E-state index in [1.807, 2.05) is 0 Å². The monoisotopic (exact) mass is 267 g/mol. The lowest BCUT2D eigenvalue weighted by Crippen LogP contribution is -2.14. The molecule has 0 aliphatic carbocycles. The summed E-state index contributed by atoms with van der Waals surface area (Å²) in [7, 11) is 0. The van der Waals surface area contributed by atoms with Gasteiger partial charge in [0.1, 0.15) is 17.3 Å². The highest BCUT2D eigenvalue weighted by atomic mass is 19.1. The van der Waals surface area contributed by atoms with Crippen LogP contribution in [0.25, 0.3) is 0 Å². The Morgan fingerprint density at radius 1 is 1.16 bits per heavy atom. The SMILES string of the molecule is Nc1c(F)cc(C(=O)Nc2ccncc2F)cc1F. The Balaban J connectivity index is 2.28. The number of amides is 1. The second kappa shape index (κ2) is 4.97. The van der Waals surface area contributed by atoms with Gasteiger partial charge in [-0.15, -0.1) is 0 Å². The minimum atomic E-state index is -1.06. The van der Waals surface area contributed by atoms with Crippen molar-refractivity contribution in [1.29, 1.82) is 0 Å². The van der Waals surface area contributed by atoms with Crippen LogP contribution in [0.1, 0.15) is 10.4 Å². The zero-order chi connectivity index (χ0) is 14.0. The summed E-state index contributed by atoms with van der Waals surface area (Å²) in [5.41, 5.74) is 3.96. The number of nitrogen functional groups attached to an aromatic ring is 1. The molecule has 0 bridgehead atoms. The van der Waals surface area contributed by atoms with Crippen molar-refractivity contribution in [2.45, 2.75) is 0 Å². The summed E-state index contributed by atoms with van der Waals surface area (Å²) in [5, 5.41) is 2.17. The van der Waals surface area contributed by atoms with E-state index in [0.29, 0.717) is 0 Å². The van der Waals surface area contributed by atoms with Crippen molar-refractivity contribution in [3.05, 3.63) is 53.6 Å². The van der Waals surface area contributed by atoms with E-state index in [0.717, 1.165) is 18.3 Å². The predicted octanol–water partition coefficient (Wildman–Crippen LogP) is 2.33. The highest BCUT2D eigenvalue weighted by Gasteiger charge is 2.14. The first kappa shape index (κ1) is 12.9. The van der Waals surface area contributed by atoms with Crippen molar-refractivity contribution in [2.75, 3.05) is 11.1 Å². The molecule has 0 aliphatic heterocycles. The molecule has 0 aliphatic rings. The molecule has 2 rings (SSSR count). The highest BCUT2D eigenvalue weighted by molar-refractivity contribution is 6.04. The van der Waals surface area contributed by atoms with E-state index in [9.17, 15) is 18.0 Å². The van der Waals surface area contributed by atoms with Crippen LogP contribution < -0.4 is 11.1 Å². The van der Waals surface area contributed by atoms with Crippen LogP contribution in [0.2, 0.25) is 0 Å². The fourth-order valence-corrected chi connectivity index (χ4v) is 1.39. The first-order valence-corrected chi connectivity index (χ1v) is 5.14. The van der Waals surface area contributed by atoms with Crippen LogP contribution in [-0.2, 0) is 0 Å². The zero-order valence-electron chi connectivity index (χ0n) is 9.45. The summed E-state index contributed by atoms with van der Waals surface area (Å²) in [6, 6.07) is 2.76. The average molecular weight is 267 g/mol. The van der Waals surface area contributed by atoms with E-state index in [4.69, 9.17) is 5.73 Å². The summed E-state index contributed by atoms with van der Waals surface area (Å²) in [6.07, 6.45) is 2.17. The van der Waals surface area contributed by atoms with E-state index in [1.165, 1.54) is 12.3 Å². The van der Waals surface area contributed by atoms with Gasteiger partial charge in [-0.1, -0.05) is 0 Å². The number of nitrogens with two attached hydrogens (primary N) is 1. The fraction of sp³-hybridized carbons (Fsp3) is 0. The molecule has 0 saturated carbocycles. The number of anilines is 2. The third-order valence-corrected chi connectivity index (χ3v) is 2.36. The maximum Gasteiger partial charge on any atom is 0.255 e. The molecule has 1 aromatic carbocycles. The number of aromatic nitrogens is 1. The molecule has 7 heteroatoms. The maximum absolute atomic E-state index is 13.2. The first-order valence-electron chi connectivity index (χ1n) is 5.14. The second-order valence-corrected chi connectivity index (χ2v) is 3.66. The Morgan fingerprint density at radius 2 is 1.79 bits per heavy atom. The minimum absolute atomic E-state index is 0.141. The Morgan fingerprint density at radius 3 is 2.37 bits per heavy atom. The molecular formula is C12H8F3N3O. The van der Waals surface area contributed by atoms with Crippen molar-refractivity contribution < 1.29 is 18.0 Å². The molecule has 1 amide bonds. The van der Waals surface area contributed by atoms with Crippen LogP contribution in [-0.4, -0.2) is 10.9 Å². The normalized spacial score (nSPS) is 10.3. The van der Waals surface area contributed by atoms with E-state index < -0.39 is 29.0 Å². The molecule has 1 heterocycles. The lowest BCUT2D eigenvalue weighted by atomic mass is 10.1. The molecule has 0 radical (unpaired) electrons. The summed E-state index contributed by atoms with van der Waals surface area (Å²) in [6.45, 7) is 0. The van der Waals surface area contributed by atoms with E-state index in [1.54, 1.807) is 0 Å². The molecule has 98 valence electrons. The van der Waals surface area contributed by atoms with Gasteiger partial charge < -0.3 is 11.1 Å². The van der Waals surface area contributed by atoms with Crippen LogP contribution >= 0.6 is 0 Å². The number of nitrogens with zero attached hydrogens (tertiary/aromatic N) is 1. The summed E-state index contributed by atoms with van der Waals surface area (Å²) < 4.78 is 39.6. The Bertz CT molecular complexity index is 623. The summed E-state index contributed by atoms with van der Waals surface area (Å²) in [4.78, 5) is 15.2. The lowest BCUT2D eigenvalue weighted by molar-refractivity contribution is 0.102. The highest BCUT2D eigenvalue weighted by Crippen LogP contribution is 2.19. The number of hydrogen-bond donors (Lipinski definition) is 2. The number of carbonyl (C=O) groups is 1. The van der Waals surface area contributed by atoms with Gasteiger partial charge in [-0.05, 0) is 18.2 Å². The standard InChI is InChI=1S/C12H8F3N3O/c13-7-3-6(4-8(14)11(7)16)12(19)18-10-1-2-17-5-9(10)15/h1-5H,16H2,(H,17,18,19). The number of hydrogen-bond acceptors (Lipinski definition) is 3. The van der Waals surface area contributed by atoms with Gasteiger partial charge in [0.2, 0.25) is 0 Å². The Hall–Kier alpha value is -2.57. The Labute approximate surface area is 106 Å². The van der Waals surface area contributed by atoms with E-state index >= 15 is 0 Å². The molecule has 0 atom stereocenters. The third kappa shape index (κ3) is 2.65. The van der Waals surface area contributed by atoms with Gasteiger partial charge in [-0.2, -0.15) is 0 Å². The molecule has 0 fully saturated rings. The number of benzene rings is 1. The third-order valence-electron chi connectivity index (χ3n) is 2.36. The van der Waals surface area contributed by atoms with E-state index in [2.05, 4.69) is 10.3 Å². The van der Waals surface area contributed by atoms with Crippen LogP contribution in [0.3, 0.4) is 0 Å². The quantitative estimate of drug-likeness (QED) is 0.820. The van der Waals surface area contributed by atoms with Crippen molar-refractivity contribution in [3.8, 4) is 0 Å². The van der Waals surface area contributed by atoms with Gasteiger partial charge in [0.15, 0.2) is 5.82 Å². The van der Waals surface area contributed by atoms with Crippen molar-refractivity contribution in [1.82, 2.24) is 4.98 Å². The van der Waals surface area contributed by atoms with Gasteiger partial charge in [0.05, 0.1) is 11.9 Å². The molecule has 0 spiro atoms. The molecule has 0 unspecified atom stereocenters. The van der Waals surface area contributed by atoms with Gasteiger partial charge in [-0.3, -0.25) is 9.78 Å². The van der Waals surface area contributed by atoms with E-state index in [-0.39, 0.29) is 11.3 Å². The molecule has 3 N–H and O–H groups in total. The number of rotatable bonds is 2. The summed E-state index contributed by atoms with van der Waals surface area (Å²) in [5.74, 6) is -3.73. The lowest BCUT2D eigenvalue weighted by Gasteiger charge is -2.07. The maximum atomic E-state index is 13.2. The Kier molecular flexibility index (Phi) is 3.37. The van der Waals surface area contributed by atoms with Gasteiger partial charge in [0.25, 0.3) is 5.91 Å². The minimum Gasteiger partial charge on any atom is -0.394 e. The number of carbonyl (C=O) groups excluding carboxylic acids is 1. The van der Waals surface area contributed by atoms with Crippen LogP contribution in [0.5, 0.6) is 0 Å². The topological polar surface area (TPSA) is 68.0 Å². The molecular weight excluding hydrogens is 259 g/mol. The number of nitrogens with one attached hydrogen (secondary N) is 1. The smallest absolute Gasteiger partial charge is 0.255 e. The van der Waals surface area contributed by atoms with Crippen molar-refractivity contribution >= 4 is 17.3 Å². The molecule has 1 aromatic heterocycles. The molecule has 19 heavy (non-hydrogen) atoms. The van der Waals surface area contributed by atoms with Gasteiger partial charge >= 0.3 is 0 Å². The predicted molar refractivity (Wildman–Crippen MR) is 62.9 cm³/mol. The van der Waals surface area contributed by atoms with Gasteiger partial charge in [0, 0.05) is 11.8 Å². The number of pyridine rings is 1. The average Bonchev–Trinajstić information content (AvgIpc) is 2.38. The second-order valence-electron chi connectivity index (χ2n) is 3.66. The molecule has 2 aromatic rings. The first-order chi connectivity index (χ1) is 8.99. The van der Waals surface area contributed by atoms with Crippen LogP contribution in [0.15, 0.2) is 30.6 Å².